The first-order valence-corrected chi connectivity index (χ1v) is 8.97. The van der Waals surface area contributed by atoms with E-state index < -0.39 is 16.7 Å². The average Bonchev–Trinajstić information content (AvgIpc) is 2.94. The van der Waals surface area contributed by atoms with Gasteiger partial charge >= 0.3 is 0 Å². The van der Waals surface area contributed by atoms with Gasteiger partial charge in [-0.3, -0.25) is 24.6 Å². The van der Waals surface area contributed by atoms with Crippen molar-refractivity contribution in [1.82, 2.24) is 4.90 Å². The summed E-state index contributed by atoms with van der Waals surface area (Å²) in [5.74, 6) is 0.00127. The fraction of sp³-hybridized carbons (Fsp3) is 0.200. The number of halogens is 1. The molecule has 2 aromatic rings. The molecule has 9 heteroatoms. The van der Waals surface area contributed by atoms with Gasteiger partial charge in [-0.25, -0.2) is 0 Å². The Morgan fingerprint density at radius 3 is 2.24 bits per heavy atom. The molecule has 0 atom stereocenters. The van der Waals surface area contributed by atoms with E-state index in [4.69, 9.17) is 21.1 Å². The van der Waals surface area contributed by atoms with Gasteiger partial charge in [0.2, 0.25) is 0 Å². The Balaban J connectivity index is 1.77. The molecule has 0 N–H and O–H groups in total. The summed E-state index contributed by atoms with van der Waals surface area (Å²) in [7, 11) is 3.06. The fourth-order valence-corrected chi connectivity index (χ4v) is 3.32. The zero-order valence-corrected chi connectivity index (χ0v) is 16.4. The summed E-state index contributed by atoms with van der Waals surface area (Å²) in [6.07, 6.45) is 0.398. The standard InChI is InChI=1S/C20H17ClN2O6/c1-28-15-8-3-12(11-16(15)29-2)9-10-22-19(24)17(18(21)20(22)25)13-4-6-14(7-5-13)23(26)27/h3-8,11H,9-10H2,1-2H3. The smallest absolute Gasteiger partial charge is 0.273 e. The number of carbonyl (C=O) groups excluding carboxylic acids is 2. The van der Waals surface area contributed by atoms with E-state index in [9.17, 15) is 19.7 Å². The summed E-state index contributed by atoms with van der Waals surface area (Å²) in [5, 5.41) is 10.6. The van der Waals surface area contributed by atoms with Gasteiger partial charge in [-0.1, -0.05) is 17.7 Å². The van der Waals surface area contributed by atoms with Crippen molar-refractivity contribution in [1.29, 1.82) is 0 Å². The third-order valence-electron chi connectivity index (χ3n) is 4.55. The van der Waals surface area contributed by atoms with Crippen molar-refractivity contribution in [3.8, 4) is 11.5 Å². The number of hydrogen-bond acceptors (Lipinski definition) is 6. The van der Waals surface area contributed by atoms with Crippen molar-refractivity contribution < 1.29 is 24.0 Å². The lowest BCUT2D eigenvalue weighted by Gasteiger charge is -2.15. The van der Waals surface area contributed by atoms with Crippen LogP contribution in [0.1, 0.15) is 11.1 Å². The lowest BCUT2D eigenvalue weighted by molar-refractivity contribution is -0.384. The van der Waals surface area contributed by atoms with Crippen LogP contribution >= 0.6 is 11.6 Å². The molecule has 0 fully saturated rings. The van der Waals surface area contributed by atoms with Gasteiger partial charge in [-0.05, 0) is 41.8 Å². The molecule has 0 unspecified atom stereocenters. The maximum absolute atomic E-state index is 12.8. The maximum Gasteiger partial charge on any atom is 0.273 e. The number of nitro benzene ring substituents is 1. The molecule has 29 heavy (non-hydrogen) atoms. The molecule has 1 aliphatic heterocycles. The molecule has 8 nitrogen and oxygen atoms in total. The summed E-state index contributed by atoms with van der Waals surface area (Å²) in [5.41, 5.74) is 1.13. The number of hydrogen-bond donors (Lipinski definition) is 0. The predicted molar refractivity (Wildman–Crippen MR) is 106 cm³/mol. The van der Waals surface area contributed by atoms with Crippen LogP contribution in [-0.4, -0.2) is 42.4 Å². The second kappa shape index (κ2) is 8.32. The van der Waals surface area contributed by atoms with Crippen LogP contribution in [0.3, 0.4) is 0 Å². The van der Waals surface area contributed by atoms with Crippen molar-refractivity contribution >= 4 is 34.7 Å². The molecular weight excluding hydrogens is 400 g/mol. The topological polar surface area (TPSA) is 99.0 Å². The first-order chi connectivity index (χ1) is 13.9. The Morgan fingerprint density at radius 2 is 1.66 bits per heavy atom. The Bertz CT molecular complexity index is 1020. The third kappa shape index (κ3) is 3.93. The van der Waals surface area contributed by atoms with Crippen LogP contribution in [0.4, 0.5) is 5.69 Å². The van der Waals surface area contributed by atoms with Crippen molar-refractivity contribution in [3.05, 3.63) is 68.7 Å². The molecular formula is C20H17ClN2O6. The molecule has 0 aromatic heterocycles. The lowest BCUT2D eigenvalue weighted by Crippen LogP contribution is -2.33. The third-order valence-corrected chi connectivity index (χ3v) is 4.90. The number of benzene rings is 2. The Morgan fingerprint density at radius 1 is 1.00 bits per heavy atom. The van der Waals surface area contributed by atoms with E-state index >= 15 is 0 Å². The normalized spacial score (nSPS) is 13.8. The molecule has 0 radical (unpaired) electrons. The number of nitrogens with zero attached hydrogens (tertiary/aromatic N) is 2. The summed E-state index contributed by atoms with van der Waals surface area (Å²) in [6.45, 7) is 0.125. The van der Waals surface area contributed by atoms with E-state index in [-0.39, 0.29) is 22.8 Å². The molecule has 1 heterocycles. The van der Waals surface area contributed by atoms with E-state index in [1.54, 1.807) is 12.1 Å². The second-order valence-corrected chi connectivity index (χ2v) is 6.57. The summed E-state index contributed by atoms with van der Waals surface area (Å²) in [6, 6.07) is 10.7. The molecule has 3 rings (SSSR count). The summed E-state index contributed by atoms with van der Waals surface area (Å²) >= 11 is 6.12. The molecule has 0 saturated heterocycles. The highest BCUT2D eigenvalue weighted by atomic mass is 35.5. The van der Waals surface area contributed by atoms with Crippen LogP contribution in [0.25, 0.3) is 5.57 Å². The monoisotopic (exact) mass is 416 g/mol. The maximum atomic E-state index is 12.8. The van der Waals surface area contributed by atoms with Crippen LogP contribution in [0.5, 0.6) is 11.5 Å². The number of amides is 2. The molecule has 2 amide bonds. The Hall–Kier alpha value is -3.39. The minimum absolute atomic E-state index is 0.0406. The van der Waals surface area contributed by atoms with E-state index in [2.05, 4.69) is 0 Å². The minimum atomic E-state index is -0.592. The quantitative estimate of drug-likeness (QED) is 0.390. The molecule has 0 saturated carbocycles. The highest BCUT2D eigenvalue weighted by molar-refractivity contribution is 6.55. The largest absolute Gasteiger partial charge is 0.493 e. The zero-order valence-electron chi connectivity index (χ0n) is 15.7. The first kappa shape index (κ1) is 20.3. The lowest BCUT2D eigenvalue weighted by atomic mass is 10.1. The number of ether oxygens (including phenoxy) is 2. The van der Waals surface area contributed by atoms with Gasteiger partial charge in [0.15, 0.2) is 11.5 Å². The van der Waals surface area contributed by atoms with Crippen molar-refractivity contribution in [2.24, 2.45) is 0 Å². The van der Waals surface area contributed by atoms with Gasteiger partial charge in [0, 0.05) is 18.7 Å². The fourth-order valence-electron chi connectivity index (χ4n) is 3.03. The van der Waals surface area contributed by atoms with Gasteiger partial charge in [0.1, 0.15) is 5.03 Å². The van der Waals surface area contributed by atoms with Crippen LogP contribution in [0.2, 0.25) is 0 Å². The SMILES string of the molecule is COc1ccc(CCN2C(=O)C(Cl)=C(c3ccc([N+](=O)[O-])cc3)C2=O)cc1OC. The number of nitro groups is 1. The number of carbonyl (C=O) groups is 2. The molecule has 1 aliphatic rings. The van der Waals surface area contributed by atoms with Crippen LogP contribution < -0.4 is 9.47 Å². The predicted octanol–water partition coefficient (Wildman–Crippen LogP) is 3.17. The van der Waals surface area contributed by atoms with Crippen LogP contribution in [0, 0.1) is 10.1 Å². The minimum Gasteiger partial charge on any atom is -0.493 e. The summed E-state index contributed by atoms with van der Waals surface area (Å²) in [4.78, 5) is 36.6. The number of methoxy groups -OCH3 is 2. The van der Waals surface area contributed by atoms with Gasteiger partial charge in [0.05, 0.1) is 24.7 Å². The van der Waals surface area contributed by atoms with Gasteiger partial charge in [0.25, 0.3) is 17.5 Å². The van der Waals surface area contributed by atoms with E-state index in [0.29, 0.717) is 23.5 Å². The average molecular weight is 417 g/mol. The van der Waals surface area contributed by atoms with Crippen LogP contribution in [0.15, 0.2) is 47.5 Å². The van der Waals surface area contributed by atoms with E-state index in [1.807, 2.05) is 6.07 Å². The molecule has 2 aromatic carbocycles. The van der Waals surface area contributed by atoms with Crippen molar-refractivity contribution in [3.63, 3.8) is 0 Å². The molecule has 0 aliphatic carbocycles. The summed E-state index contributed by atoms with van der Waals surface area (Å²) < 4.78 is 10.5. The molecule has 150 valence electrons. The highest BCUT2D eigenvalue weighted by Gasteiger charge is 2.37. The Kier molecular flexibility index (Phi) is 5.84. The highest BCUT2D eigenvalue weighted by Crippen LogP contribution is 2.33. The van der Waals surface area contributed by atoms with E-state index in [1.165, 1.54) is 38.5 Å². The van der Waals surface area contributed by atoms with Crippen LogP contribution in [-0.2, 0) is 16.0 Å². The number of imide groups is 1. The molecule has 0 bridgehead atoms. The Labute approximate surface area is 171 Å². The van der Waals surface area contributed by atoms with Crippen molar-refractivity contribution in [2.45, 2.75) is 6.42 Å². The number of rotatable bonds is 7. The van der Waals surface area contributed by atoms with Gasteiger partial charge < -0.3 is 9.47 Å². The van der Waals surface area contributed by atoms with Gasteiger partial charge in [-0.2, -0.15) is 0 Å². The van der Waals surface area contributed by atoms with Crippen molar-refractivity contribution in [2.75, 3.05) is 20.8 Å². The second-order valence-electron chi connectivity index (χ2n) is 6.19. The number of non-ortho nitro benzene ring substituents is 1. The zero-order chi connectivity index (χ0) is 21.1. The molecule has 0 spiro atoms. The first-order valence-electron chi connectivity index (χ1n) is 8.59. The van der Waals surface area contributed by atoms with Gasteiger partial charge in [-0.15, -0.1) is 0 Å². The van der Waals surface area contributed by atoms with E-state index in [0.717, 1.165) is 10.5 Å².